The van der Waals surface area contributed by atoms with Crippen LogP contribution in [0.25, 0.3) is 0 Å². The van der Waals surface area contributed by atoms with Crippen molar-refractivity contribution in [3.63, 3.8) is 0 Å². The smallest absolute Gasteiger partial charge is 0.139 e. The summed E-state index contributed by atoms with van der Waals surface area (Å²) in [6.45, 7) is 2.21. The number of alkyl halides is 1. The number of halogens is 2. The molecule has 0 radical (unpaired) electrons. The zero-order valence-electron chi connectivity index (χ0n) is 11.1. The second-order valence-electron chi connectivity index (χ2n) is 4.20. The summed E-state index contributed by atoms with van der Waals surface area (Å²) in [5, 5.41) is 0. The summed E-state index contributed by atoms with van der Waals surface area (Å²) in [4.78, 5) is 0.577. The van der Waals surface area contributed by atoms with E-state index >= 15 is 0 Å². The van der Waals surface area contributed by atoms with E-state index in [1.807, 2.05) is 6.07 Å². The van der Waals surface area contributed by atoms with E-state index in [-0.39, 0.29) is 0 Å². The van der Waals surface area contributed by atoms with E-state index in [1.54, 1.807) is 14.2 Å². The third kappa shape index (κ3) is 4.16. The molecule has 0 spiro atoms. The summed E-state index contributed by atoms with van der Waals surface area (Å²) < 4.78 is 11.6. The Morgan fingerprint density at radius 2 is 1.89 bits per heavy atom. The molecule has 1 rings (SSSR count). The van der Waals surface area contributed by atoms with Gasteiger partial charge >= 0.3 is 0 Å². The first-order valence-electron chi connectivity index (χ1n) is 6.17. The van der Waals surface area contributed by atoms with Gasteiger partial charge in [-0.05, 0) is 46.8 Å². The molecule has 0 bridgehead atoms. The quantitative estimate of drug-likeness (QED) is 0.623. The van der Waals surface area contributed by atoms with Crippen LogP contribution in [0.3, 0.4) is 0 Å². The Labute approximate surface area is 126 Å². The summed E-state index contributed by atoms with van der Waals surface area (Å²) in [5.41, 5.74) is 1.21. The first-order valence-corrected chi connectivity index (χ1v) is 7.88. The van der Waals surface area contributed by atoms with Crippen LogP contribution in [0.2, 0.25) is 0 Å². The van der Waals surface area contributed by atoms with Gasteiger partial charge in [0.15, 0.2) is 0 Å². The molecule has 0 aromatic heterocycles. The fourth-order valence-electron chi connectivity index (χ4n) is 1.92. The number of methoxy groups -OCH3 is 2. The van der Waals surface area contributed by atoms with Gasteiger partial charge in [-0.2, -0.15) is 0 Å². The van der Waals surface area contributed by atoms with Crippen LogP contribution in [-0.4, -0.2) is 19.0 Å². The van der Waals surface area contributed by atoms with Gasteiger partial charge in [-0.15, -0.1) is 0 Å². The van der Waals surface area contributed by atoms with Crippen LogP contribution in [0.4, 0.5) is 0 Å². The van der Waals surface area contributed by atoms with Crippen LogP contribution >= 0.6 is 31.9 Å². The van der Waals surface area contributed by atoms with E-state index in [0.29, 0.717) is 4.83 Å². The number of aryl methyl sites for hydroxylation is 1. The van der Waals surface area contributed by atoms with Crippen molar-refractivity contribution >= 4 is 31.9 Å². The summed E-state index contributed by atoms with van der Waals surface area (Å²) in [7, 11) is 3.36. The van der Waals surface area contributed by atoms with Crippen molar-refractivity contribution in [1.29, 1.82) is 0 Å². The number of hydrogen-bond donors (Lipinski definition) is 0. The molecule has 102 valence electrons. The Morgan fingerprint density at radius 1 is 1.17 bits per heavy atom. The van der Waals surface area contributed by atoms with Crippen molar-refractivity contribution in [2.24, 2.45) is 0 Å². The summed E-state index contributed by atoms with van der Waals surface area (Å²) >= 11 is 7.24. The highest BCUT2D eigenvalue weighted by Gasteiger charge is 2.13. The van der Waals surface area contributed by atoms with E-state index < -0.39 is 0 Å². The second kappa shape index (κ2) is 8.05. The number of rotatable bonds is 7. The zero-order chi connectivity index (χ0) is 13.5. The van der Waals surface area contributed by atoms with E-state index in [9.17, 15) is 0 Å². The summed E-state index contributed by atoms with van der Waals surface area (Å²) in [6, 6.07) is 4.05. The van der Waals surface area contributed by atoms with Gasteiger partial charge in [-0.1, -0.05) is 35.3 Å². The molecule has 0 heterocycles. The van der Waals surface area contributed by atoms with Crippen molar-refractivity contribution < 1.29 is 9.47 Å². The molecule has 0 saturated carbocycles. The first-order chi connectivity index (χ1) is 8.63. The first kappa shape index (κ1) is 15.8. The highest BCUT2D eigenvalue weighted by atomic mass is 79.9. The number of benzene rings is 1. The average molecular weight is 380 g/mol. The van der Waals surface area contributed by atoms with Gasteiger partial charge in [-0.25, -0.2) is 0 Å². The van der Waals surface area contributed by atoms with Gasteiger partial charge in [0.25, 0.3) is 0 Å². The Morgan fingerprint density at radius 3 is 2.44 bits per heavy atom. The fraction of sp³-hybridized carbons (Fsp3) is 0.571. The largest absolute Gasteiger partial charge is 0.495 e. The topological polar surface area (TPSA) is 18.5 Å². The maximum Gasteiger partial charge on any atom is 0.139 e. The maximum absolute atomic E-state index is 5.47. The third-order valence-corrected chi connectivity index (χ3v) is 4.56. The SMILES string of the molecule is CCCC(Br)CCc1ccc(OC)c(Br)c1OC. The molecular weight excluding hydrogens is 360 g/mol. The summed E-state index contributed by atoms with van der Waals surface area (Å²) in [6.07, 6.45) is 4.53. The van der Waals surface area contributed by atoms with Crippen LogP contribution in [-0.2, 0) is 6.42 Å². The van der Waals surface area contributed by atoms with E-state index in [1.165, 1.54) is 18.4 Å². The molecule has 0 fully saturated rings. The van der Waals surface area contributed by atoms with Crippen molar-refractivity contribution in [3.05, 3.63) is 22.2 Å². The Hall–Kier alpha value is -0.220. The lowest BCUT2D eigenvalue weighted by molar-refractivity contribution is 0.385. The normalized spacial score (nSPS) is 12.3. The Kier molecular flexibility index (Phi) is 7.08. The summed E-state index contributed by atoms with van der Waals surface area (Å²) in [5.74, 6) is 1.69. The second-order valence-corrected chi connectivity index (χ2v) is 6.29. The highest BCUT2D eigenvalue weighted by molar-refractivity contribution is 9.10. The molecule has 0 amide bonds. The Bertz CT molecular complexity index is 380. The predicted octanol–water partition coefficient (Wildman–Crippen LogP) is 4.96. The van der Waals surface area contributed by atoms with Gasteiger partial charge in [0.1, 0.15) is 16.0 Å². The van der Waals surface area contributed by atoms with Crippen LogP contribution < -0.4 is 9.47 Å². The molecule has 4 heteroatoms. The van der Waals surface area contributed by atoms with Crippen LogP contribution in [0.15, 0.2) is 16.6 Å². The zero-order valence-corrected chi connectivity index (χ0v) is 14.3. The third-order valence-electron chi connectivity index (χ3n) is 2.90. The standard InChI is InChI=1S/C14H20Br2O2/c1-4-5-11(15)8-6-10-7-9-12(17-2)13(16)14(10)18-3/h7,9,11H,4-6,8H2,1-3H3. The minimum atomic E-state index is 0.577. The van der Waals surface area contributed by atoms with Crippen LogP contribution in [0, 0.1) is 0 Å². The molecule has 1 aromatic rings. The average Bonchev–Trinajstić information content (AvgIpc) is 2.36. The van der Waals surface area contributed by atoms with Gasteiger partial charge < -0.3 is 9.47 Å². The maximum atomic E-state index is 5.47. The monoisotopic (exact) mass is 378 g/mol. The molecule has 2 nitrogen and oxygen atoms in total. The molecule has 0 aliphatic heterocycles. The molecule has 0 aliphatic carbocycles. The van der Waals surface area contributed by atoms with E-state index in [0.717, 1.165) is 28.8 Å². The minimum Gasteiger partial charge on any atom is -0.495 e. The lowest BCUT2D eigenvalue weighted by Gasteiger charge is -2.14. The minimum absolute atomic E-state index is 0.577. The molecule has 18 heavy (non-hydrogen) atoms. The molecule has 1 aromatic carbocycles. The van der Waals surface area contributed by atoms with Crippen molar-refractivity contribution in [1.82, 2.24) is 0 Å². The van der Waals surface area contributed by atoms with Crippen molar-refractivity contribution in [2.75, 3.05) is 14.2 Å². The predicted molar refractivity (Wildman–Crippen MR) is 83.2 cm³/mol. The lowest BCUT2D eigenvalue weighted by atomic mass is 10.0. The molecule has 0 saturated heterocycles. The van der Waals surface area contributed by atoms with Gasteiger partial charge in [0.05, 0.1) is 14.2 Å². The number of ether oxygens (including phenoxy) is 2. The van der Waals surface area contributed by atoms with E-state index in [4.69, 9.17) is 9.47 Å². The lowest BCUT2D eigenvalue weighted by Crippen LogP contribution is -2.02. The Balaban J connectivity index is 2.79. The molecule has 0 aliphatic rings. The number of hydrogen-bond acceptors (Lipinski definition) is 2. The molecule has 0 N–H and O–H groups in total. The molecule has 1 atom stereocenters. The highest BCUT2D eigenvalue weighted by Crippen LogP contribution is 2.38. The molecule has 1 unspecified atom stereocenters. The van der Waals surface area contributed by atoms with Gasteiger partial charge in [-0.3, -0.25) is 0 Å². The fourth-order valence-corrected chi connectivity index (χ4v) is 3.32. The van der Waals surface area contributed by atoms with Gasteiger partial charge in [0.2, 0.25) is 0 Å². The van der Waals surface area contributed by atoms with Crippen LogP contribution in [0.5, 0.6) is 11.5 Å². The van der Waals surface area contributed by atoms with Crippen molar-refractivity contribution in [2.45, 2.75) is 37.4 Å². The van der Waals surface area contributed by atoms with Crippen LogP contribution in [0.1, 0.15) is 31.7 Å². The van der Waals surface area contributed by atoms with Gasteiger partial charge in [0, 0.05) is 4.83 Å². The van der Waals surface area contributed by atoms with E-state index in [2.05, 4.69) is 44.8 Å². The van der Waals surface area contributed by atoms with Crippen molar-refractivity contribution in [3.8, 4) is 11.5 Å². The molecular formula is C14H20Br2O2.